The molecule has 7 nitrogen and oxygen atoms in total. The van der Waals surface area contributed by atoms with Gasteiger partial charge in [0.2, 0.25) is 15.9 Å². The highest BCUT2D eigenvalue weighted by Gasteiger charge is 2.27. The maximum Gasteiger partial charge on any atom is 0.246 e. The van der Waals surface area contributed by atoms with Gasteiger partial charge in [-0.25, -0.2) is 8.42 Å². The summed E-state index contributed by atoms with van der Waals surface area (Å²) >= 11 is 0. The van der Waals surface area contributed by atoms with Gasteiger partial charge in [-0.3, -0.25) is 9.69 Å². The van der Waals surface area contributed by atoms with Gasteiger partial charge in [0.25, 0.3) is 0 Å². The van der Waals surface area contributed by atoms with Crippen molar-refractivity contribution >= 4 is 27.3 Å². The van der Waals surface area contributed by atoms with E-state index in [9.17, 15) is 13.2 Å². The molecule has 2 heterocycles. The maximum absolute atomic E-state index is 12.6. The van der Waals surface area contributed by atoms with Crippen molar-refractivity contribution in [1.29, 1.82) is 0 Å². The number of carbonyl (C=O) groups excluding carboxylic acids is 1. The summed E-state index contributed by atoms with van der Waals surface area (Å²) in [6, 6.07) is 14.2. The molecule has 2 aliphatic heterocycles. The third-order valence-electron chi connectivity index (χ3n) is 6.16. The first-order chi connectivity index (χ1) is 15.4. The highest BCUT2D eigenvalue weighted by molar-refractivity contribution is 7.89. The number of sulfonamides is 1. The average molecular weight is 457 g/mol. The van der Waals surface area contributed by atoms with Crippen LogP contribution in [0.2, 0.25) is 0 Å². The maximum atomic E-state index is 12.6. The van der Waals surface area contributed by atoms with Crippen molar-refractivity contribution in [3.63, 3.8) is 0 Å². The summed E-state index contributed by atoms with van der Waals surface area (Å²) in [7, 11) is -3.45. The van der Waals surface area contributed by atoms with E-state index in [1.807, 2.05) is 12.1 Å². The number of carbonyl (C=O) groups is 1. The lowest BCUT2D eigenvalue weighted by Crippen LogP contribution is -2.32. The minimum absolute atomic E-state index is 0.179. The van der Waals surface area contributed by atoms with Crippen molar-refractivity contribution in [3.05, 3.63) is 54.1 Å². The molecule has 0 aromatic heterocycles. The Balaban J connectivity index is 1.30. The second kappa shape index (κ2) is 10.0. The topological polar surface area (TPSA) is 81.8 Å². The Hall–Kier alpha value is -2.42. The van der Waals surface area contributed by atoms with Gasteiger partial charge >= 0.3 is 0 Å². The largest absolute Gasteiger partial charge is 0.374 e. The summed E-state index contributed by atoms with van der Waals surface area (Å²) in [5.41, 5.74) is 2.74. The summed E-state index contributed by atoms with van der Waals surface area (Å²) in [5, 5.41) is 6.08. The van der Waals surface area contributed by atoms with E-state index in [2.05, 4.69) is 27.7 Å². The van der Waals surface area contributed by atoms with Crippen molar-refractivity contribution < 1.29 is 13.2 Å². The molecular formula is C24H32N4O3S. The second-order valence-corrected chi connectivity index (χ2v) is 10.6. The summed E-state index contributed by atoms with van der Waals surface area (Å²) in [6.45, 7) is 6.26. The number of nitrogens with one attached hydrogen (secondary N) is 2. The van der Waals surface area contributed by atoms with E-state index in [0.717, 1.165) is 25.1 Å². The average Bonchev–Trinajstić information content (AvgIpc) is 3.50. The van der Waals surface area contributed by atoms with Crippen LogP contribution in [0.5, 0.6) is 0 Å². The summed E-state index contributed by atoms with van der Waals surface area (Å²) < 4.78 is 26.8. The zero-order chi connectivity index (χ0) is 22.6. The van der Waals surface area contributed by atoms with Crippen LogP contribution in [0.25, 0.3) is 0 Å². The minimum atomic E-state index is -3.45. The Morgan fingerprint density at radius 3 is 2.06 bits per heavy atom. The molecule has 32 heavy (non-hydrogen) atoms. The molecule has 0 aliphatic carbocycles. The Bertz CT molecular complexity index is 1010. The van der Waals surface area contributed by atoms with Crippen LogP contribution in [0.15, 0.2) is 53.4 Å². The first-order valence-electron chi connectivity index (χ1n) is 11.4. The molecule has 8 heteroatoms. The number of rotatable bonds is 8. The van der Waals surface area contributed by atoms with E-state index < -0.39 is 16.1 Å². The lowest BCUT2D eigenvalue weighted by atomic mass is 10.2. The number of hydrogen-bond donors (Lipinski definition) is 2. The van der Waals surface area contributed by atoms with Gasteiger partial charge in [-0.05, 0) is 87.7 Å². The van der Waals surface area contributed by atoms with Gasteiger partial charge in [-0.2, -0.15) is 4.31 Å². The SMILES string of the molecule is CC(Nc1ccc(CN2CCCC2)cc1)C(=O)Nc1ccc(S(=O)(=O)N2CCCC2)cc1. The molecule has 2 saturated heterocycles. The van der Waals surface area contributed by atoms with Crippen molar-refractivity contribution in [1.82, 2.24) is 9.21 Å². The van der Waals surface area contributed by atoms with Crippen LogP contribution in [0.1, 0.15) is 38.2 Å². The molecule has 172 valence electrons. The number of amides is 1. The smallest absolute Gasteiger partial charge is 0.246 e. The van der Waals surface area contributed by atoms with E-state index in [1.54, 1.807) is 31.2 Å². The van der Waals surface area contributed by atoms with E-state index >= 15 is 0 Å². The number of nitrogens with zero attached hydrogens (tertiary/aromatic N) is 2. The van der Waals surface area contributed by atoms with Crippen LogP contribution in [-0.2, 0) is 21.4 Å². The lowest BCUT2D eigenvalue weighted by Gasteiger charge is -2.18. The van der Waals surface area contributed by atoms with Crippen LogP contribution in [0.4, 0.5) is 11.4 Å². The van der Waals surface area contributed by atoms with Crippen LogP contribution >= 0.6 is 0 Å². The Labute approximate surface area is 190 Å². The molecule has 2 aromatic carbocycles. The standard InChI is InChI=1S/C24H32N4O3S/c1-19(25-21-8-6-20(7-9-21)18-27-14-2-3-15-27)24(29)26-22-10-12-23(13-11-22)32(30,31)28-16-4-5-17-28/h6-13,19,25H,2-5,14-18H2,1H3,(H,26,29). The van der Waals surface area contributed by atoms with Crippen molar-refractivity contribution in [2.45, 2.75) is 50.1 Å². The molecular weight excluding hydrogens is 424 g/mol. The highest BCUT2D eigenvalue weighted by atomic mass is 32.2. The summed E-state index contributed by atoms with van der Waals surface area (Å²) in [6.07, 6.45) is 4.37. The van der Waals surface area contributed by atoms with Crippen LogP contribution < -0.4 is 10.6 Å². The molecule has 0 radical (unpaired) electrons. The Morgan fingerprint density at radius 1 is 0.875 bits per heavy atom. The van der Waals surface area contributed by atoms with Crippen molar-refractivity contribution in [3.8, 4) is 0 Å². The molecule has 0 spiro atoms. The van der Waals surface area contributed by atoms with Crippen molar-refractivity contribution in [2.24, 2.45) is 0 Å². The molecule has 4 rings (SSSR count). The van der Waals surface area contributed by atoms with Crippen LogP contribution in [0, 0.1) is 0 Å². The Morgan fingerprint density at radius 2 is 1.44 bits per heavy atom. The summed E-state index contributed by atoms with van der Waals surface area (Å²) in [4.78, 5) is 15.3. The zero-order valence-corrected chi connectivity index (χ0v) is 19.4. The van der Waals surface area contributed by atoms with E-state index in [1.165, 1.54) is 35.8 Å². The van der Waals surface area contributed by atoms with E-state index in [4.69, 9.17) is 0 Å². The second-order valence-electron chi connectivity index (χ2n) is 8.67. The molecule has 1 atom stereocenters. The molecule has 2 aliphatic rings. The molecule has 0 saturated carbocycles. The first-order valence-corrected chi connectivity index (χ1v) is 12.8. The van der Waals surface area contributed by atoms with Gasteiger partial charge in [-0.1, -0.05) is 12.1 Å². The monoisotopic (exact) mass is 456 g/mol. The zero-order valence-electron chi connectivity index (χ0n) is 18.6. The number of hydrogen-bond acceptors (Lipinski definition) is 5. The number of anilines is 2. The van der Waals surface area contributed by atoms with Gasteiger partial charge in [-0.15, -0.1) is 0 Å². The quantitative estimate of drug-likeness (QED) is 0.635. The Kier molecular flexibility index (Phi) is 7.13. The predicted molar refractivity (Wildman–Crippen MR) is 127 cm³/mol. The molecule has 2 fully saturated rings. The lowest BCUT2D eigenvalue weighted by molar-refractivity contribution is -0.116. The molecule has 2 aromatic rings. The van der Waals surface area contributed by atoms with Gasteiger partial charge in [0.05, 0.1) is 4.90 Å². The van der Waals surface area contributed by atoms with Gasteiger partial charge < -0.3 is 10.6 Å². The highest BCUT2D eigenvalue weighted by Crippen LogP contribution is 2.22. The predicted octanol–water partition coefficient (Wildman–Crippen LogP) is 3.51. The third-order valence-corrected chi connectivity index (χ3v) is 8.07. The third kappa shape index (κ3) is 5.49. The van der Waals surface area contributed by atoms with E-state index in [-0.39, 0.29) is 10.8 Å². The minimum Gasteiger partial charge on any atom is -0.374 e. The van der Waals surface area contributed by atoms with Crippen LogP contribution in [-0.4, -0.2) is 55.8 Å². The normalized spacial score (nSPS) is 18.5. The fourth-order valence-corrected chi connectivity index (χ4v) is 5.78. The molecule has 1 unspecified atom stereocenters. The first kappa shape index (κ1) is 22.8. The fourth-order valence-electron chi connectivity index (χ4n) is 4.26. The fraction of sp³-hybridized carbons (Fsp3) is 0.458. The molecule has 0 bridgehead atoms. The summed E-state index contributed by atoms with van der Waals surface area (Å²) in [5.74, 6) is -0.179. The van der Waals surface area contributed by atoms with E-state index in [0.29, 0.717) is 18.8 Å². The van der Waals surface area contributed by atoms with Gasteiger partial charge in [0, 0.05) is 31.0 Å². The number of likely N-dealkylation sites (tertiary alicyclic amines) is 1. The molecule has 1 amide bonds. The van der Waals surface area contributed by atoms with Gasteiger partial charge in [0.15, 0.2) is 0 Å². The van der Waals surface area contributed by atoms with Gasteiger partial charge in [0.1, 0.15) is 6.04 Å². The van der Waals surface area contributed by atoms with Crippen LogP contribution in [0.3, 0.4) is 0 Å². The number of benzene rings is 2. The van der Waals surface area contributed by atoms with Crippen molar-refractivity contribution in [2.75, 3.05) is 36.8 Å². The molecule has 2 N–H and O–H groups in total.